The van der Waals surface area contributed by atoms with E-state index < -0.39 is 42.0 Å². The van der Waals surface area contributed by atoms with Gasteiger partial charge in [0.2, 0.25) is 23.6 Å². The molecule has 3 rings (SSSR count). The number of rotatable bonds is 18. The first-order chi connectivity index (χ1) is 23.4. The zero-order valence-electron chi connectivity index (χ0n) is 30.0. The molecule has 0 bridgehead atoms. The van der Waals surface area contributed by atoms with Gasteiger partial charge in [0, 0.05) is 53.1 Å². The normalized spacial score (nSPS) is 19.0. The summed E-state index contributed by atoms with van der Waals surface area (Å²) in [6.07, 6.45) is 9.89. The summed E-state index contributed by atoms with van der Waals surface area (Å²) in [5.74, 6) is 1.04. The van der Waals surface area contributed by atoms with Crippen molar-refractivity contribution in [3.63, 3.8) is 0 Å². The van der Waals surface area contributed by atoms with Crippen molar-refractivity contribution < 1.29 is 29.4 Å². The molecule has 1 saturated carbocycles. The van der Waals surface area contributed by atoms with E-state index in [1.54, 1.807) is 23.9 Å². The van der Waals surface area contributed by atoms with Crippen molar-refractivity contribution in [1.82, 2.24) is 25.3 Å². The number of aliphatic hydroxyl groups excluding tert-OH is 2. The zero-order valence-corrected chi connectivity index (χ0v) is 30.0. The van der Waals surface area contributed by atoms with Crippen LogP contribution in [0.3, 0.4) is 0 Å². The molecule has 0 unspecified atom stereocenters. The summed E-state index contributed by atoms with van der Waals surface area (Å²) in [6.45, 7) is 6.57. The van der Waals surface area contributed by atoms with Crippen LogP contribution in [-0.2, 0) is 25.6 Å². The van der Waals surface area contributed by atoms with Gasteiger partial charge in [-0.2, -0.15) is 0 Å². The molecule has 1 aromatic carbocycles. The Hall–Kier alpha value is -3.46. The molecule has 2 aliphatic rings. The van der Waals surface area contributed by atoms with E-state index in [1.807, 2.05) is 49.1 Å². The molecule has 4 N–H and O–H groups in total. The van der Waals surface area contributed by atoms with Crippen LogP contribution in [0.5, 0.6) is 0 Å². The second kappa shape index (κ2) is 20.3. The molecule has 1 aromatic rings. The lowest BCUT2D eigenvalue weighted by atomic mass is 9.82. The maximum atomic E-state index is 13.9. The molecule has 5 atom stereocenters. The maximum Gasteiger partial charge on any atom is 0.243 e. The molecule has 0 spiro atoms. The van der Waals surface area contributed by atoms with E-state index in [1.165, 1.54) is 6.42 Å². The Kier molecular flexibility index (Phi) is 16.5. The summed E-state index contributed by atoms with van der Waals surface area (Å²) in [5, 5.41) is 27.8. The Labute approximate surface area is 293 Å². The summed E-state index contributed by atoms with van der Waals surface area (Å²) in [5.41, 5.74) is 0.877. The Morgan fingerprint density at radius 2 is 1.73 bits per heavy atom. The van der Waals surface area contributed by atoms with E-state index >= 15 is 0 Å². The quantitative estimate of drug-likeness (QED) is 0.174. The van der Waals surface area contributed by atoms with Crippen LogP contribution >= 0.6 is 0 Å². The van der Waals surface area contributed by atoms with Crippen molar-refractivity contribution >= 4 is 23.6 Å². The first-order valence-corrected chi connectivity index (χ1v) is 18.0. The molecule has 2 fully saturated rings. The highest BCUT2D eigenvalue weighted by atomic mass is 16.3. The number of carbonyl (C=O) groups is 4. The third kappa shape index (κ3) is 13.4. The highest BCUT2D eigenvalue weighted by molar-refractivity contribution is 5.91. The predicted molar refractivity (Wildman–Crippen MR) is 190 cm³/mol. The Morgan fingerprint density at radius 3 is 2.37 bits per heavy atom. The van der Waals surface area contributed by atoms with E-state index in [2.05, 4.69) is 16.6 Å². The maximum absolute atomic E-state index is 13.9. The second-order valence-electron chi connectivity index (χ2n) is 14.5. The van der Waals surface area contributed by atoms with Gasteiger partial charge in [-0.05, 0) is 36.7 Å². The number of benzene rings is 1. The third-order valence-electron chi connectivity index (χ3n) is 9.94. The minimum absolute atomic E-state index is 0.0481. The van der Waals surface area contributed by atoms with Crippen molar-refractivity contribution in [2.24, 2.45) is 17.8 Å². The summed E-state index contributed by atoms with van der Waals surface area (Å²) in [7, 11) is 3.47. The minimum Gasteiger partial charge on any atom is -0.390 e. The molecule has 11 nitrogen and oxygen atoms in total. The highest BCUT2D eigenvalue weighted by Crippen LogP contribution is 2.29. The van der Waals surface area contributed by atoms with E-state index in [-0.39, 0.29) is 37.0 Å². The number of terminal acetylenes is 1. The molecule has 49 heavy (non-hydrogen) atoms. The van der Waals surface area contributed by atoms with Crippen molar-refractivity contribution in [2.45, 2.75) is 102 Å². The van der Waals surface area contributed by atoms with E-state index in [9.17, 15) is 29.4 Å². The summed E-state index contributed by atoms with van der Waals surface area (Å²) < 4.78 is 0. The van der Waals surface area contributed by atoms with Crippen LogP contribution in [0.25, 0.3) is 0 Å². The van der Waals surface area contributed by atoms with Crippen LogP contribution in [0.15, 0.2) is 30.3 Å². The number of nitrogens with one attached hydrogen (secondary N) is 2. The summed E-state index contributed by atoms with van der Waals surface area (Å²) >= 11 is 0. The zero-order chi connectivity index (χ0) is 35.9. The summed E-state index contributed by atoms with van der Waals surface area (Å²) in [4.78, 5) is 58.4. The molecule has 4 amide bonds. The van der Waals surface area contributed by atoms with Gasteiger partial charge < -0.3 is 30.6 Å². The van der Waals surface area contributed by atoms with Crippen molar-refractivity contribution in [3.8, 4) is 12.3 Å². The van der Waals surface area contributed by atoms with Gasteiger partial charge in [0.15, 0.2) is 0 Å². The van der Waals surface area contributed by atoms with E-state index in [4.69, 9.17) is 6.42 Å². The van der Waals surface area contributed by atoms with Crippen molar-refractivity contribution in [1.29, 1.82) is 0 Å². The average Bonchev–Trinajstić information content (AvgIpc) is 3.08. The number of hydrogen-bond donors (Lipinski definition) is 4. The first kappa shape index (κ1) is 40.0. The minimum atomic E-state index is -1.17. The van der Waals surface area contributed by atoms with Gasteiger partial charge in [0.25, 0.3) is 0 Å². The van der Waals surface area contributed by atoms with Gasteiger partial charge in [0.1, 0.15) is 12.1 Å². The number of hydrogen-bond acceptors (Lipinski definition) is 7. The molecule has 272 valence electrons. The molecule has 11 heteroatoms. The SMILES string of the molecule is C#CC[C@H](NC(=O)[C@@H](CC(=O)N(C)CCN1CCN(C)C(=O)C1)Cc1ccccc1)C(=O)N[C@@H](CC1CCCCC1)[C@@H](O)[C@@H](O)CC(C)C. The number of piperazine rings is 1. The average molecular weight is 682 g/mol. The Bertz CT molecular complexity index is 1250. The van der Waals surface area contributed by atoms with Crippen LogP contribution < -0.4 is 10.6 Å². The smallest absolute Gasteiger partial charge is 0.243 e. The van der Waals surface area contributed by atoms with E-state index in [0.29, 0.717) is 44.9 Å². The fraction of sp³-hybridized carbons (Fsp3) is 0.684. The lowest BCUT2D eigenvalue weighted by molar-refractivity contribution is -0.137. The second-order valence-corrected chi connectivity index (χ2v) is 14.5. The standard InChI is InChI=1S/C38H59N5O6/c1-6-13-31(38(49)40-32(24-29-16-11-8-12-17-29)36(47)33(44)22-27(2)3)39-37(48)30(23-28-14-9-7-10-15-28)25-34(45)41(4)18-20-43-21-19-42(5)35(46)26-43/h1,7,9-10,14-15,27,29-33,36,44,47H,8,11-13,16-26H2,2-5H3,(H,39,48)(H,40,49)/t30-,31+,32+,33+,36-/m1/s1. The summed E-state index contributed by atoms with van der Waals surface area (Å²) in [6, 6.07) is 7.62. The molecule has 0 radical (unpaired) electrons. The number of likely N-dealkylation sites (N-methyl/N-ethyl adjacent to an activating group) is 2. The Balaban J connectivity index is 1.71. The Morgan fingerprint density at radius 1 is 1.04 bits per heavy atom. The third-order valence-corrected chi connectivity index (χ3v) is 9.94. The van der Waals surface area contributed by atoms with Gasteiger partial charge in [-0.15, -0.1) is 12.3 Å². The lowest BCUT2D eigenvalue weighted by Gasteiger charge is -2.33. The number of amides is 4. The molecule has 1 heterocycles. The van der Waals surface area contributed by atoms with Crippen LogP contribution in [0.2, 0.25) is 0 Å². The van der Waals surface area contributed by atoms with Gasteiger partial charge in [0.05, 0.1) is 24.6 Å². The van der Waals surface area contributed by atoms with Crippen LogP contribution in [0.1, 0.15) is 77.2 Å². The fourth-order valence-electron chi connectivity index (χ4n) is 6.79. The van der Waals surface area contributed by atoms with Crippen LogP contribution in [0, 0.1) is 30.1 Å². The molecule has 1 aliphatic carbocycles. The first-order valence-electron chi connectivity index (χ1n) is 18.0. The fourth-order valence-corrected chi connectivity index (χ4v) is 6.79. The number of nitrogens with zero attached hydrogens (tertiary/aromatic N) is 3. The lowest BCUT2D eigenvalue weighted by Crippen LogP contribution is -2.56. The molecule has 0 aromatic heterocycles. The van der Waals surface area contributed by atoms with Gasteiger partial charge >= 0.3 is 0 Å². The van der Waals surface area contributed by atoms with Crippen LogP contribution in [0.4, 0.5) is 0 Å². The largest absolute Gasteiger partial charge is 0.390 e. The number of carbonyl (C=O) groups excluding carboxylic acids is 4. The van der Waals surface area contributed by atoms with Gasteiger partial charge in [-0.3, -0.25) is 24.1 Å². The van der Waals surface area contributed by atoms with Crippen molar-refractivity contribution in [3.05, 3.63) is 35.9 Å². The monoisotopic (exact) mass is 681 g/mol. The van der Waals surface area contributed by atoms with Crippen LogP contribution in [-0.4, -0.2) is 120 Å². The van der Waals surface area contributed by atoms with Gasteiger partial charge in [-0.1, -0.05) is 76.3 Å². The molecular weight excluding hydrogens is 622 g/mol. The van der Waals surface area contributed by atoms with E-state index in [0.717, 1.165) is 37.8 Å². The van der Waals surface area contributed by atoms with Crippen molar-refractivity contribution in [2.75, 3.05) is 46.8 Å². The molecule has 1 saturated heterocycles. The molecule has 1 aliphatic heterocycles. The highest BCUT2D eigenvalue weighted by Gasteiger charge is 2.34. The predicted octanol–water partition coefficient (Wildman–Crippen LogP) is 2.20. The molecular formula is C38H59N5O6. The topological polar surface area (TPSA) is 143 Å². The number of aliphatic hydroxyl groups is 2. The van der Waals surface area contributed by atoms with Gasteiger partial charge in [-0.25, -0.2) is 0 Å².